The molecule has 3 rings (SSSR count). The van der Waals surface area contributed by atoms with Gasteiger partial charge in [-0.25, -0.2) is 14.2 Å². The topological polar surface area (TPSA) is 85.1 Å². The van der Waals surface area contributed by atoms with Crippen molar-refractivity contribution in [3.63, 3.8) is 0 Å². The Labute approximate surface area is 139 Å². The molecule has 7 nitrogen and oxygen atoms in total. The van der Waals surface area contributed by atoms with Gasteiger partial charge in [-0.15, -0.1) is 0 Å². The molecule has 0 aromatic carbocycles. The van der Waals surface area contributed by atoms with Gasteiger partial charge in [-0.2, -0.15) is 5.10 Å². The van der Waals surface area contributed by atoms with Crippen LogP contribution in [0, 0.1) is 12.3 Å². The predicted octanol–water partition coefficient (Wildman–Crippen LogP) is 2.44. The third kappa shape index (κ3) is 2.46. The van der Waals surface area contributed by atoms with E-state index in [0.29, 0.717) is 17.6 Å². The number of hydrogen-bond donors (Lipinski definition) is 1. The molecule has 0 fully saturated rings. The molecule has 0 aliphatic heterocycles. The first kappa shape index (κ1) is 16.2. The summed E-state index contributed by atoms with van der Waals surface area (Å²) in [7, 11) is 0. The van der Waals surface area contributed by atoms with E-state index < -0.39 is 5.41 Å². The van der Waals surface area contributed by atoms with Gasteiger partial charge in [-0.05, 0) is 13.3 Å². The SMILES string of the molecule is CCc1c(C)nc2c(-c3cnn(C(=O)C(C)(C)C)c3)c[nH]n2c1=O. The largest absolute Gasteiger partial charge is 0.296 e. The number of carbonyl (C=O) groups excluding carboxylic acids is 1. The lowest BCUT2D eigenvalue weighted by molar-refractivity contribution is 0.0749. The minimum absolute atomic E-state index is 0.0931. The maximum Gasteiger partial charge on any atom is 0.276 e. The van der Waals surface area contributed by atoms with Crippen molar-refractivity contribution in [2.24, 2.45) is 5.41 Å². The maximum absolute atomic E-state index is 12.5. The highest BCUT2D eigenvalue weighted by molar-refractivity contribution is 5.85. The molecule has 7 heteroatoms. The van der Waals surface area contributed by atoms with E-state index in [0.717, 1.165) is 16.8 Å². The number of rotatable bonds is 2. The number of aromatic nitrogens is 5. The molecule has 3 aromatic heterocycles. The van der Waals surface area contributed by atoms with Gasteiger partial charge in [0.25, 0.3) is 11.5 Å². The molecule has 0 saturated carbocycles. The first-order valence-corrected chi connectivity index (χ1v) is 7.93. The lowest BCUT2D eigenvalue weighted by Crippen LogP contribution is -2.26. The number of nitrogens with one attached hydrogen (secondary N) is 1. The molecule has 0 radical (unpaired) electrons. The zero-order chi connectivity index (χ0) is 17.6. The third-order valence-electron chi connectivity index (χ3n) is 4.06. The Morgan fingerprint density at radius 2 is 2.04 bits per heavy atom. The molecule has 0 unspecified atom stereocenters. The second-order valence-corrected chi connectivity index (χ2v) is 6.91. The Balaban J connectivity index is 2.14. The Kier molecular flexibility index (Phi) is 3.66. The van der Waals surface area contributed by atoms with Gasteiger partial charge in [-0.1, -0.05) is 27.7 Å². The molecule has 0 aliphatic carbocycles. The van der Waals surface area contributed by atoms with Crippen LogP contribution in [0.3, 0.4) is 0 Å². The van der Waals surface area contributed by atoms with Crippen molar-refractivity contribution >= 4 is 11.6 Å². The molecule has 0 spiro atoms. The van der Waals surface area contributed by atoms with E-state index in [9.17, 15) is 9.59 Å². The van der Waals surface area contributed by atoms with Crippen molar-refractivity contribution in [1.29, 1.82) is 0 Å². The molecule has 1 N–H and O–H groups in total. The van der Waals surface area contributed by atoms with Crippen LogP contribution in [0.2, 0.25) is 0 Å². The summed E-state index contributed by atoms with van der Waals surface area (Å²) in [5.41, 5.74) is 2.82. The second kappa shape index (κ2) is 5.43. The first-order chi connectivity index (χ1) is 11.2. The lowest BCUT2D eigenvalue weighted by atomic mass is 9.96. The Morgan fingerprint density at radius 3 is 2.67 bits per heavy atom. The van der Waals surface area contributed by atoms with E-state index >= 15 is 0 Å². The highest BCUT2D eigenvalue weighted by Crippen LogP contribution is 2.24. The molecule has 0 aliphatic rings. The zero-order valence-electron chi connectivity index (χ0n) is 14.5. The number of H-pyrrole nitrogens is 1. The summed E-state index contributed by atoms with van der Waals surface area (Å²) in [6, 6.07) is 0. The van der Waals surface area contributed by atoms with Crippen LogP contribution in [0.25, 0.3) is 16.8 Å². The van der Waals surface area contributed by atoms with Gasteiger partial charge in [0.2, 0.25) is 0 Å². The fourth-order valence-electron chi connectivity index (χ4n) is 2.69. The summed E-state index contributed by atoms with van der Waals surface area (Å²) in [5, 5.41) is 7.11. The van der Waals surface area contributed by atoms with E-state index in [1.807, 2.05) is 34.6 Å². The summed E-state index contributed by atoms with van der Waals surface area (Å²) in [4.78, 5) is 29.4. The molecular weight excluding hydrogens is 306 g/mol. The van der Waals surface area contributed by atoms with Crippen molar-refractivity contribution in [2.75, 3.05) is 0 Å². The van der Waals surface area contributed by atoms with E-state index in [4.69, 9.17) is 0 Å². The molecular formula is C17H21N5O2. The molecule has 126 valence electrons. The van der Waals surface area contributed by atoms with Crippen LogP contribution in [0.5, 0.6) is 0 Å². The average Bonchev–Trinajstić information content (AvgIpc) is 3.12. The maximum atomic E-state index is 12.5. The Bertz CT molecular complexity index is 985. The van der Waals surface area contributed by atoms with Crippen LogP contribution in [-0.4, -0.2) is 30.3 Å². The number of fused-ring (bicyclic) bond motifs is 1. The minimum atomic E-state index is -0.523. The Hall–Kier alpha value is -2.70. The quantitative estimate of drug-likeness (QED) is 0.783. The standard InChI is InChI=1S/C17H21N5O2/c1-6-12-10(2)20-14-13(8-19-22(14)15(12)23)11-7-18-21(9-11)16(24)17(3,4)5/h7-9,19H,6H2,1-5H3. The third-order valence-corrected chi connectivity index (χ3v) is 4.06. The number of aryl methyl sites for hydroxylation is 1. The van der Waals surface area contributed by atoms with Gasteiger partial charge in [0.15, 0.2) is 5.65 Å². The molecule has 0 saturated heterocycles. The minimum Gasteiger partial charge on any atom is -0.296 e. The molecule has 24 heavy (non-hydrogen) atoms. The molecule has 3 heterocycles. The van der Waals surface area contributed by atoms with Gasteiger partial charge in [0.05, 0.1) is 6.20 Å². The molecule has 0 amide bonds. The van der Waals surface area contributed by atoms with Crippen LogP contribution in [0.15, 0.2) is 23.4 Å². The fourth-order valence-corrected chi connectivity index (χ4v) is 2.69. The second-order valence-electron chi connectivity index (χ2n) is 6.91. The fraction of sp³-hybridized carbons (Fsp3) is 0.412. The molecule has 0 atom stereocenters. The predicted molar refractivity (Wildman–Crippen MR) is 91.2 cm³/mol. The van der Waals surface area contributed by atoms with E-state index in [2.05, 4.69) is 15.2 Å². The molecule has 3 aromatic rings. The smallest absolute Gasteiger partial charge is 0.276 e. The highest BCUT2D eigenvalue weighted by atomic mass is 16.2. The van der Waals surface area contributed by atoms with Gasteiger partial charge < -0.3 is 0 Å². The summed E-state index contributed by atoms with van der Waals surface area (Å²) in [5.74, 6) is -0.0943. The average molecular weight is 327 g/mol. The van der Waals surface area contributed by atoms with Gasteiger partial charge in [0.1, 0.15) is 0 Å². The van der Waals surface area contributed by atoms with Crippen molar-refractivity contribution in [3.8, 4) is 11.1 Å². The van der Waals surface area contributed by atoms with Crippen LogP contribution in [-0.2, 0) is 6.42 Å². The van der Waals surface area contributed by atoms with Crippen LogP contribution in [0.4, 0.5) is 0 Å². The van der Waals surface area contributed by atoms with E-state index in [1.54, 1.807) is 18.6 Å². The monoisotopic (exact) mass is 327 g/mol. The van der Waals surface area contributed by atoms with Crippen molar-refractivity contribution in [3.05, 3.63) is 40.2 Å². The van der Waals surface area contributed by atoms with E-state index in [-0.39, 0.29) is 11.5 Å². The summed E-state index contributed by atoms with van der Waals surface area (Å²) in [6.07, 6.45) is 5.63. The Morgan fingerprint density at radius 1 is 1.33 bits per heavy atom. The van der Waals surface area contributed by atoms with Crippen LogP contribution in [0.1, 0.15) is 43.7 Å². The normalized spacial score (nSPS) is 12.0. The van der Waals surface area contributed by atoms with E-state index in [1.165, 1.54) is 9.20 Å². The van der Waals surface area contributed by atoms with Crippen LogP contribution < -0.4 is 5.56 Å². The number of aromatic amines is 1. The number of nitrogens with zero attached hydrogens (tertiary/aromatic N) is 4. The number of carbonyl (C=O) groups is 1. The zero-order valence-corrected chi connectivity index (χ0v) is 14.5. The summed E-state index contributed by atoms with van der Waals surface area (Å²) < 4.78 is 2.77. The van der Waals surface area contributed by atoms with Gasteiger partial charge >= 0.3 is 0 Å². The van der Waals surface area contributed by atoms with Crippen molar-refractivity contribution in [2.45, 2.75) is 41.0 Å². The van der Waals surface area contributed by atoms with Gasteiger partial charge in [0, 0.05) is 40.2 Å². The molecule has 0 bridgehead atoms. The van der Waals surface area contributed by atoms with Crippen LogP contribution >= 0.6 is 0 Å². The summed E-state index contributed by atoms with van der Waals surface area (Å²) in [6.45, 7) is 9.31. The summed E-state index contributed by atoms with van der Waals surface area (Å²) >= 11 is 0. The number of hydrogen-bond acceptors (Lipinski definition) is 4. The highest BCUT2D eigenvalue weighted by Gasteiger charge is 2.24. The van der Waals surface area contributed by atoms with Crippen molar-refractivity contribution < 1.29 is 4.79 Å². The lowest BCUT2D eigenvalue weighted by Gasteiger charge is -2.15. The van der Waals surface area contributed by atoms with Crippen molar-refractivity contribution in [1.82, 2.24) is 24.4 Å². The van der Waals surface area contributed by atoms with Gasteiger partial charge in [-0.3, -0.25) is 14.7 Å². The first-order valence-electron chi connectivity index (χ1n) is 7.93.